The van der Waals surface area contributed by atoms with Crippen LogP contribution in [0, 0.1) is 0 Å². The Balaban J connectivity index is 2.48. The Labute approximate surface area is 105 Å². The standard InChI is InChI=1S/C11H8BrNO4/c12-6-1-2-9(8(3-6)11(16)17)13-5-7(14)4-10(13)15/h1-3H,4-5H2,(H,16,17). The Morgan fingerprint density at radius 2 is 2.06 bits per heavy atom. The van der Waals surface area contributed by atoms with Gasteiger partial charge < -0.3 is 10.0 Å². The molecule has 1 heterocycles. The molecule has 1 aromatic rings. The van der Waals surface area contributed by atoms with Crippen molar-refractivity contribution in [2.75, 3.05) is 11.4 Å². The molecule has 2 rings (SSSR count). The summed E-state index contributed by atoms with van der Waals surface area (Å²) in [6, 6.07) is 4.57. The van der Waals surface area contributed by atoms with Gasteiger partial charge in [0.2, 0.25) is 5.91 Å². The number of nitrogens with zero attached hydrogens (tertiary/aromatic N) is 1. The van der Waals surface area contributed by atoms with Crippen molar-refractivity contribution in [1.82, 2.24) is 0 Å². The molecule has 6 heteroatoms. The second kappa shape index (κ2) is 4.29. The highest BCUT2D eigenvalue weighted by atomic mass is 79.9. The number of carboxylic acids is 1. The third kappa shape index (κ3) is 2.21. The topological polar surface area (TPSA) is 74.7 Å². The van der Waals surface area contributed by atoms with Crippen molar-refractivity contribution in [3.63, 3.8) is 0 Å². The van der Waals surface area contributed by atoms with Crippen LogP contribution >= 0.6 is 15.9 Å². The number of rotatable bonds is 2. The molecule has 1 amide bonds. The largest absolute Gasteiger partial charge is 0.478 e. The zero-order valence-electron chi connectivity index (χ0n) is 8.64. The molecular formula is C11H8BrNO4. The number of carbonyl (C=O) groups excluding carboxylic acids is 2. The minimum absolute atomic E-state index is 0.00225. The van der Waals surface area contributed by atoms with E-state index in [2.05, 4.69) is 15.9 Å². The molecule has 1 aromatic carbocycles. The summed E-state index contributed by atoms with van der Waals surface area (Å²) in [5, 5.41) is 9.06. The highest BCUT2D eigenvalue weighted by Gasteiger charge is 2.31. The molecule has 1 N–H and O–H groups in total. The fourth-order valence-electron chi connectivity index (χ4n) is 1.72. The first-order valence-electron chi connectivity index (χ1n) is 4.84. The van der Waals surface area contributed by atoms with Crippen molar-refractivity contribution in [1.29, 1.82) is 0 Å². The van der Waals surface area contributed by atoms with Gasteiger partial charge in [0.25, 0.3) is 0 Å². The zero-order valence-corrected chi connectivity index (χ0v) is 10.2. The maximum Gasteiger partial charge on any atom is 0.337 e. The number of Topliss-reactive ketones (excluding diaryl/α,β-unsaturated/α-hetero) is 1. The Bertz CT molecular complexity index is 526. The Kier molecular flexibility index (Phi) is 2.97. The lowest BCUT2D eigenvalue weighted by Crippen LogP contribution is -2.26. The first-order valence-corrected chi connectivity index (χ1v) is 5.63. The summed E-state index contributed by atoms with van der Waals surface area (Å²) in [4.78, 5) is 35.0. The third-order valence-electron chi connectivity index (χ3n) is 2.46. The molecular weight excluding hydrogens is 290 g/mol. The van der Waals surface area contributed by atoms with E-state index < -0.39 is 5.97 Å². The SMILES string of the molecule is O=C1CC(=O)N(c2ccc(Br)cc2C(=O)O)C1. The minimum atomic E-state index is -1.13. The average molecular weight is 298 g/mol. The van der Waals surface area contributed by atoms with Gasteiger partial charge in [0.15, 0.2) is 5.78 Å². The van der Waals surface area contributed by atoms with Crippen LogP contribution in [-0.4, -0.2) is 29.3 Å². The number of aromatic carboxylic acids is 1. The number of benzene rings is 1. The van der Waals surface area contributed by atoms with Crippen LogP contribution in [0.1, 0.15) is 16.8 Å². The summed E-state index contributed by atoms with van der Waals surface area (Å²) in [5.74, 6) is -1.69. The number of carbonyl (C=O) groups is 3. The number of hydrogen-bond donors (Lipinski definition) is 1. The number of carboxylic acid groups (broad SMARTS) is 1. The summed E-state index contributed by atoms with van der Waals surface area (Å²) >= 11 is 3.17. The van der Waals surface area contributed by atoms with Gasteiger partial charge in [-0.15, -0.1) is 0 Å². The first-order chi connectivity index (χ1) is 7.99. The van der Waals surface area contributed by atoms with E-state index in [9.17, 15) is 14.4 Å². The molecule has 1 saturated heterocycles. The summed E-state index contributed by atoms with van der Waals surface area (Å²) in [7, 11) is 0. The molecule has 0 aromatic heterocycles. The lowest BCUT2D eigenvalue weighted by atomic mass is 10.1. The van der Waals surface area contributed by atoms with Crippen LogP contribution in [0.4, 0.5) is 5.69 Å². The van der Waals surface area contributed by atoms with Gasteiger partial charge >= 0.3 is 5.97 Å². The van der Waals surface area contributed by atoms with Crippen LogP contribution in [0.25, 0.3) is 0 Å². The average Bonchev–Trinajstić information content (AvgIpc) is 2.57. The van der Waals surface area contributed by atoms with Crippen LogP contribution in [0.5, 0.6) is 0 Å². The van der Waals surface area contributed by atoms with E-state index in [1.54, 1.807) is 6.07 Å². The number of amides is 1. The molecule has 0 saturated carbocycles. The van der Waals surface area contributed by atoms with Crippen LogP contribution in [0.3, 0.4) is 0 Å². The predicted octanol–water partition coefficient (Wildman–Crippen LogP) is 1.45. The van der Waals surface area contributed by atoms with Crippen molar-refractivity contribution in [2.45, 2.75) is 6.42 Å². The van der Waals surface area contributed by atoms with E-state index in [-0.39, 0.29) is 35.9 Å². The molecule has 0 unspecified atom stereocenters. The molecule has 88 valence electrons. The van der Waals surface area contributed by atoms with Crippen molar-refractivity contribution in [3.05, 3.63) is 28.2 Å². The fourth-order valence-corrected chi connectivity index (χ4v) is 2.08. The van der Waals surface area contributed by atoms with Gasteiger partial charge in [-0.3, -0.25) is 9.59 Å². The first kappa shape index (κ1) is 11.8. The molecule has 0 spiro atoms. The molecule has 0 bridgehead atoms. The van der Waals surface area contributed by atoms with Crippen LogP contribution in [0.2, 0.25) is 0 Å². The highest BCUT2D eigenvalue weighted by Crippen LogP contribution is 2.27. The quantitative estimate of drug-likeness (QED) is 0.839. The normalized spacial score (nSPS) is 15.5. The number of hydrogen-bond acceptors (Lipinski definition) is 3. The van der Waals surface area contributed by atoms with Gasteiger partial charge in [-0.05, 0) is 18.2 Å². The van der Waals surface area contributed by atoms with Crippen molar-refractivity contribution in [2.24, 2.45) is 0 Å². The summed E-state index contributed by atoms with van der Waals surface area (Å²) in [5.41, 5.74) is 0.263. The van der Waals surface area contributed by atoms with Gasteiger partial charge in [0.1, 0.15) is 0 Å². The number of anilines is 1. The maximum atomic E-state index is 11.5. The molecule has 0 aliphatic carbocycles. The van der Waals surface area contributed by atoms with Crippen LogP contribution in [-0.2, 0) is 9.59 Å². The van der Waals surface area contributed by atoms with E-state index >= 15 is 0 Å². The molecule has 17 heavy (non-hydrogen) atoms. The highest BCUT2D eigenvalue weighted by molar-refractivity contribution is 9.10. The van der Waals surface area contributed by atoms with Gasteiger partial charge in [-0.25, -0.2) is 4.79 Å². The summed E-state index contributed by atoms with van der Waals surface area (Å²) < 4.78 is 0.608. The Morgan fingerprint density at radius 1 is 1.35 bits per heavy atom. The van der Waals surface area contributed by atoms with E-state index in [4.69, 9.17) is 5.11 Å². The van der Waals surface area contributed by atoms with Gasteiger partial charge in [-0.2, -0.15) is 0 Å². The van der Waals surface area contributed by atoms with Crippen LogP contribution in [0.15, 0.2) is 22.7 Å². The molecule has 0 atom stereocenters. The van der Waals surface area contributed by atoms with Crippen molar-refractivity contribution in [3.8, 4) is 0 Å². The number of halogens is 1. The predicted molar refractivity (Wildman–Crippen MR) is 63.1 cm³/mol. The van der Waals surface area contributed by atoms with Gasteiger partial charge in [-0.1, -0.05) is 15.9 Å². The lowest BCUT2D eigenvalue weighted by molar-refractivity contribution is -0.121. The molecule has 1 fully saturated rings. The van der Waals surface area contributed by atoms with E-state index in [0.29, 0.717) is 4.47 Å². The monoisotopic (exact) mass is 297 g/mol. The summed E-state index contributed by atoms with van der Waals surface area (Å²) in [6.45, 7) is -0.0548. The van der Waals surface area contributed by atoms with Gasteiger partial charge in [0, 0.05) is 4.47 Å². The van der Waals surface area contributed by atoms with E-state index in [0.717, 1.165) is 0 Å². The van der Waals surface area contributed by atoms with Crippen molar-refractivity contribution >= 4 is 39.3 Å². The summed E-state index contributed by atoms with van der Waals surface area (Å²) in [6.07, 6.45) is -0.158. The zero-order chi connectivity index (χ0) is 12.6. The van der Waals surface area contributed by atoms with E-state index in [1.807, 2.05) is 0 Å². The molecule has 0 radical (unpaired) electrons. The maximum absolute atomic E-state index is 11.5. The second-order valence-electron chi connectivity index (χ2n) is 3.66. The molecule has 1 aliphatic heterocycles. The third-order valence-corrected chi connectivity index (χ3v) is 2.96. The fraction of sp³-hybridized carbons (Fsp3) is 0.182. The Hall–Kier alpha value is -1.69. The minimum Gasteiger partial charge on any atom is -0.478 e. The lowest BCUT2D eigenvalue weighted by Gasteiger charge is -2.17. The van der Waals surface area contributed by atoms with Crippen LogP contribution < -0.4 is 4.90 Å². The smallest absolute Gasteiger partial charge is 0.337 e. The van der Waals surface area contributed by atoms with E-state index in [1.165, 1.54) is 17.0 Å². The molecule has 5 nitrogen and oxygen atoms in total. The Morgan fingerprint density at radius 3 is 2.59 bits per heavy atom. The van der Waals surface area contributed by atoms with Crippen molar-refractivity contribution < 1.29 is 19.5 Å². The van der Waals surface area contributed by atoms with Gasteiger partial charge in [0.05, 0.1) is 24.2 Å². The molecule has 1 aliphatic rings. The number of ketones is 1. The second-order valence-corrected chi connectivity index (χ2v) is 4.58.